The molecule has 0 aromatic heterocycles. The molecular formula is C15H22ClNO4. The van der Waals surface area contributed by atoms with Gasteiger partial charge >= 0.3 is 5.97 Å². The first-order valence-electron chi connectivity index (χ1n) is 6.86. The fraction of sp³-hybridized carbons (Fsp3) is 0.533. The average molecular weight is 316 g/mol. The van der Waals surface area contributed by atoms with E-state index in [0.29, 0.717) is 29.7 Å². The van der Waals surface area contributed by atoms with E-state index in [0.717, 1.165) is 5.56 Å². The zero-order valence-electron chi connectivity index (χ0n) is 12.8. The molecule has 1 rings (SSSR count). The lowest BCUT2D eigenvalue weighted by Gasteiger charge is -2.19. The minimum absolute atomic E-state index is 0.0223. The first-order chi connectivity index (χ1) is 9.90. The Balaban J connectivity index is 2.92. The highest BCUT2D eigenvalue weighted by atomic mass is 35.5. The highest BCUT2D eigenvalue weighted by molar-refractivity contribution is 6.31. The van der Waals surface area contributed by atoms with E-state index in [9.17, 15) is 9.90 Å². The monoisotopic (exact) mass is 315 g/mol. The maximum absolute atomic E-state index is 11.2. The quantitative estimate of drug-likeness (QED) is 0.772. The van der Waals surface area contributed by atoms with Crippen molar-refractivity contribution in [3.05, 3.63) is 22.7 Å². The number of carbonyl (C=O) groups is 1. The lowest BCUT2D eigenvalue weighted by atomic mass is 10.0. The number of carboxylic acid groups (broad SMARTS) is 1. The van der Waals surface area contributed by atoms with Crippen LogP contribution in [0.5, 0.6) is 11.5 Å². The molecule has 0 amide bonds. The van der Waals surface area contributed by atoms with Crippen LogP contribution in [0.4, 0.5) is 0 Å². The van der Waals surface area contributed by atoms with E-state index >= 15 is 0 Å². The Bertz CT molecular complexity index is 491. The molecule has 0 saturated heterocycles. The van der Waals surface area contributed by atoms with Gasteiger partial charge in [-0.15, -0.1) is 0 Å². The van der Waals surface area contributed by atoms with E-state index in [2.05, 4.69) is 5.32 Å². The molecule has 0 fully saturated rings. The van der Waals surface area contributed by atoms with Gasteiger partial charge in [0.25, 0.3) is 0 Å². The van der Waals surface area contributed by atoms with Crippen LogP contribution in [0.25, 0.3) is 0 Å². The van der Waals surface area contributed by atoms with Crippen LogP contribution in [-0.2, 0) is 11.3 Å². The van der Waals surface area contributed by atoms with E-state index in [1.54, 1.807) is 19.2 Å². The molecule has 0 aliphatic heterocycles. The predicted octanol–water partition coefficient (Wildman–Crippen LogP) is 2.95. The van der Waals surface area contributed by atoms with E-state index in [-0.39, 0.29) is 5.92 Å². The van der Waals surface area contributed by atoms with Crippen molar-refractivity contribution in [3.63, 3.8) is 0 Å². The van der Waals surface area contributed by atoms with Gasteiger partial charge in [-0.05, 0) is 24.5 Å². The molecule has 0 aliphatic rings. The van der Waals surface area contributed by atoms with Gasteiger partial charge in [0, 0.05) is 17.6 Å². The van der Waals surface area contributed by atoms with Crippen LogP contribution in [0, 0.1) is 5.92 Å². The first-order valence-corrected chi connectivity index (χ1v) is 7.23. The standard InChI is InChI=1S/C15H22ClNO4/c1-5-21-13-6-10(11(16)7-12(13)20-4)8-17-14(9(2)3)15(18)19/h6-7,9,14,17H,5,8H2,1-4H3,(H,18,19). The van der Waals surface area contributed by atoms with Crippen molar-refractivity contribution in [3.8, 4) is 11.5 Å². The van der Waals surface area contributed by atoms with Crippen LogP contribution in [0.15, 0.2) is 12.1 Å². The van der Waals surface area contributed by atoms with Crippen molar-refractivity contribution in [2.75, 3.05) is 13.7 Å². The van der Waals surface area contributed by atoms with Gasteiger partial charge in [0.05, 0.1) is 13.7 Å². The van der Waals surface area contributed by atoms with Gasteiger partial charge in [-0.2, -0.15) is 0 Å². The topological polar surface area (TPSA) is 67.8 Å². The van der Waals surface area contributed by atoms with Crippen molar-refractivity contribution >= 4 is 17.6 Å². The first kappa shape index (κ1) is 17.6. The summed E-state index contributed by atoms with van der Waals surface area (Å²) in [4.78, 5) is 11.2. The molecule has 1 atom stereocenters. The Morgan fingerprint density at radius 2 is 2.05 bits per heavy atom. The minimum Gasteiger partial charge on any atom is -0.493 e. The van der Waals surface area contributed by atoms with E-state index in [1.807, 2.05) is 20.8 Å². The van der Waals surface area contributed by atoms with Crippen molar-refractivity contribution in [2.45, 2.75) is 33.4 Å². The van der Waals surface area contributed by atoms with Gasteiger partial charge in [-0.25, -0.2) is 0 Å². The summed E-state index contributed by atoms with van der Waals surface area (Å²) in [5.41, 5.74) is 0.771. The number of methoxy groups -OCH3 is 1. The number of hydrogen-bond donors (Lipinski definition) is 2. The number of carboxylic acids is 1. The number of benzene rings is 1. The number of ether oxygens (including phenoxy) is 2. The third-order valence-electron chi connectivity index (χ3n) is 3.08. The average Bonchev–Trinajstić information content (AvgIpc) is 2.41. The zero-order valence-corrected chi connectivity index (χ0v) is 13.5. The summed E-state index contributed by atoms with van der Waals surface area (Å²) < 4.78 is 10.7. The highest BCUT2D eigenvalue weighted by Crippen LogP contribution is 2.33. The Labute approximate surface area is 130 Å². The van der Waals surface area contributed by atoms with Gasteiger partial charge in [0.2, 0.25) is 0 Å². The summed E-state index contributed by atoms with van der Waals surface area (Å²) in [6.45, 7) is 6.44. The fourth-order valence-electron chi connectivity index (χ4n) is 1.97. The molecule has 5 nitrogen and oxygen atoms in total. The molecule has 2 N–H and O–H groups in total. The number of aliphatic carboxylic acids is 1. The van der Waals surface area contributed by atoms with Crippen molar-refractivity contribution < 1.29 is 19.4 Å². The Hall–Kier alpha value is -1.46. The predicted molar refractivity (Wildman–Crippen MR) is 82.3 cm³/mol. The minimum atomic E-state index is -0.875. The third kappa shape index (κ3) is 4.79. The normalized spacial score (nSPS) is 12.3. The molecule has 0 bridgehead atoms. The summed E-state index contributed by atoms with van der Waals surface area (Å²) >= 11 is 6.20. The number of halogens is 1. The highest BCUT2D eigenvalue weighted by Gasteiger charge is 2.21. The van der Waals surface area contributed by atoms with Crippen molar-refractivity contribution in [1.82, 2.24) is 5.32 Å². The molecule has 0 aliphatic carbocycles. The fourth-order valence-corrected chi connectivity index (χ4v) is 2.19. The molecule has 0 radical (unpaired) electrons. The SMILES string of the molecule is CCOc1cc(CNC(C(=O)O)C(C)C)c(Cl)cc1OC. The van der Waals surface area contributed by atoms with Crippen LogP contribution in [0.3, 0.4) is 0 Å². The van der Waals surface area contributed by atoms with Crippen molar-refractivity contribution in [1.29, 1.82) is 0 Å². The number of hydrogen-bond acceptors (Lipinski definition) is 4. The summed E-state index contributed by atoms with van der Waals surface area (Å²) in [6, 6.07) is 2.82. The van der Waals surface area contributed by atoms with Gasteiger partial charge in [0.1, 0.15) is 6.04 Å². The van der Waals surface area contributed by atoms with Crippen LogP contribution in [0.2, 0.25) is 5.02 Å². The van der Waals surface area contributed by atoms with Crippen LogP contribution in [-0.4, -0.2) is 30.8 Å². The van der Waals surface area contributed by atoms with Gasteiger partial charge in [0.15, 0.2) is 11.5 Å². The second-order valence-corrected chi connectivity index (χ2v) is 5.38. The molecule has 1 aromatic rings. The maximum atomic E-state index is 11.2. The van der Waals surface area contributed by atoms with Gasteiger partial charge in [-0.3, -0.25) is 4.79 Å². The van der Waals surface area contributed by atoms with Crippen LogP contribution in [0.1, 0.15) is 26.3 Å². The zero-order chi connectivity index (χ0) is 16.0. The van der Waals surface area contributed by atoms with Gasteiger partial charge in [-0.1, -0.05) is 25.4 Å². The lowest BCUT2D eigenvalue weighted by Crippen LogP contribution is -2.40. The number of rotatable bonds is 8. The Morgan fingerprint density at radius 1 is 1.38 bits per heavy atom. The van der Waals surface area contributed by atoms with E-state index in [4.69, 9.17) is 21.1 Å². The maximum Gasteiger partial charge on any atom is 0.320 e. The Morgan fingerprint density at radius 3 is 2.52 bits per heavy atom. The Kier molecular flexibility index (Phi) is 6.78. The molecule has 0 saturated carbocycles. The summed E-state index contributed by atoms with van der Waals surface area (Å²) in [6.07, 6.45) is 0. The van der Waals surface area contributed by atoms with E-state index < -0.39 is 12.0 Å². The smallest absolute Gasteiger partial charge is 0.320 e. The molecule has 118 valence electrons. The molecule has 1 aromatic carbocycles. The molecular weight excluding hydrogens is 294 g/mol. The van der Waals surface area contributed by atoms with Crippen molar-refractivity contribution in [2.24, 2.45) is 5.92 Å². The molecule has 0 heterocycles. The summed E-state index contributed by atoms with van der Waals surface area (Å²) in [7, 11) is 1.55. The number of nitrogens with one attached hydrogen (secondary N) is 1. The molecule has 6 heteroatoms. The molecule has 1 unspecified atom stereocenters. The largest absolute Gasteiger partial charge is 0.493 e. The second-order valence-electron chi connectivity index (χ2n) is 4.97. The van der Waals surface area contributed by atoms with E-state index in [1.165, 1.54) is 0 Å². The second kappa shape index (κ2) is 8.10. The molecule has 21 heavy (non-hydrogen) atoms. The van der Waals surface area contributed by atoms with Crippen LogP contribution < -0.4 is 14.8 Å². The molecule has 0 spiro atoms. The summed E-state index contributed by atoms with van der Waals surface area (Å²) in [5.74, 6) is 0.257. The van der Waals surface area contributed by atoms with Gasteiger partial charge < -0.3 is 19.9 Å². The van der Waals surface area contributed by atoms with Crippen LogP contribution >= 0.6 is 11.6 Å². The lowest BCUT2D eigenvalue weighted by molar-refractivity contribution is -0.140. The summed E-state index contributed by atoms with van der Waals surface area (Å²) in [5, 5.41) is 12.7. The third-order valence-corrected chi connectivity index (χ3v) is 3.43.